The van der Waals surface area contributed by atoms with Crippen molar-refractivity contribution in [3.8, 4) is 5.75 Å². The van der Waals surface area contributed by atoms with Gasteiger partial charge in [0.2, 0.25) is 0 Å². The molecule has 0 unspecified atom stereocenters. The molecule has 0 spiro atoms. The molecule has 0 heterocycles. The van der Waals surface area contributed by atoms with E-state index < -0.39 is 5.66 Å². The monoisotopic (exact) mass is 180 g/mol. The molecule has 4 heteroatoms. The number of rotatable bonds is 3. The van der Waals surface area contributed by atoms with Crippen molar-refractivity contribution in [1.82, 2.24) is 0 Å². The molecule has 1 aromatic rings. The van der Waals surface area contributed by atoms with Crippen molar-refractivity contribution in [2.24, 2.45) is 11.5 Å². The van der Waals surface area contributed by atoms with Crippen LogP contribution >= 0.6 is 0 Å². The van der Waals surface area contributed by atoms with E-state index in [0.29, 0.717) is 11.8 Å². The number of phenols is 1. The molecule has 1 rings (SSSR count). The molecular weight excluding hydrogens is 168 g/mol. The van der Waals surface area contributed by atoms with Crippen LogP contribution in [0.1, 0.15) is 12.0 Å². The quantitative estimate of drug-likeness (QED) is 0.453. The maximum atomic E-state index is 10.3. The first kappa shape index (κ1) is 9.70. The van der Waals surface area contributed by atoms with E-state index in [0.717, 1.165) is 0 Å². The Morgan fingerprint density at radius 3 is 2.54 bits per heavy atom. The van der Waals surface area contributed by atoms with E-state index in [9.17, 15) is 9.90 Å². The zero-order valence-corrected chi connectivity index (χ0v) is 7.10. The molecule has 4 nitrogen and oxygen atoms in total. The van der Waals surface area contributed by atoms with Gasteiger partial charge in [-0.05, 0) is 6.07 Å². The summed E-state index contributed by atoms with van der Waals surface area (Å²) < 4.78 is 0. The van der Waals surface area contributed by atoms with Gasteiger partial charge >= 0.3 is 0 Å². The van der Waals surface area contributed by atoms with Gasteiger partial charge in [-0.25, -0.2) is 0 Å². The Morgan fingerprint density at radius 2 is 2.00 bits per heavy atom. The number of hydrogen-bond acceptors (Lipinski definition) is 4. The van der Waals surface area contributed by atoms with Gasteiger partial charge in [0.1, 0.15) is 17.7 Å². The molecule has 0 aliphatic heterocycles. The minimum absolute atomic E-state index is 0.00866. The number of benzene rings is 1. The first-order valence-corrected chi connectivity index (χ1v) is 3.88. The van der Waals surface area contributed by atoms with Crippen LogP contribution in [0.25, 0.3) is 0 Å². The zero-order valence-electron chi connectivity index (χ0n) is 7.10. The fourth-order valence-corrected chi connectivity index (χ4v) is 1.12. The highest BCUT2D eigenvalue weighted by atomic mass is 16.3. The summed E-state index contributed by atoms with van der Waals surface area (Å²) in [7, 11) is 0. The van der Waals surface area contributed by atoms with E-state index in [2.05, 4.69) is 0 Å². The molecule has 0 aliphatic rings. The van der Waals surface area contributed by atoms with Gasteiger partial charge in [0, 0.05) is 12.0 Å². The molecule has 0 radical (unpaired) electrons. The van der Waals surface area contributed by atoms with Crippen LogP contribution in [-0.2, 0) is 10.5 Å². The molecule has 0 atom stereocenters. The lowest BCUT2D eigenvalue weighted by Crippen LogP contribution is -2.46. The van der Waals surface area contributed by atoms with E-state index in [1.54, 1.807) is 18.2 Å². The highest BCUT2D eigenvalue weighted by Gasteiger charge is 2.23. The third-order valence-corrected chi connectivity index (χ3v) is 1.83. The maximum Gasteiger partial charge on any atom is 0.123 e. The number of carbonyl (C=O) groups excluding carboxylic acids is 1. The lowest BCUT2D eigenvalue weighted by atomic mass is 9.98. The number of phenolic OH excluding ortho intramolecular Hbond substituents is 1. The van der Waals surface area contributed by atoms with Crippen LogP contribution < -0.4 is 11.5 Å². The third-order valence-electron chi connectivity index (χ3n) is 1.83. The second kappa shape index (κ2) is 3.55. The van der Waals surface area contributed by atoms with Crippen molar-refractivity contribution in [2.75, 3.05) is 0 Å². The van der Waals surface area contributed by atoms with Crippen LogP contribution in [0.2, 0.25) is 0 Å². The lowest BCUT2D eigenvalue weighted by Gasteiger charge is -2.23. The second-order valence-electron chi connectivity index (χ2n) is 2.93. The highest BCUT2D eigenvalue weighted by molar-refractivity contribution is 5.54. The molecule has 0 amide bonds. The summed E-state index contributed by atoms with van der Waals surface area (Å²) in [6.45, 7) is 0. The van der Waals surface area contributed by atoms with Crippen molar-refractivity contribution < 1.29 is 9.90 Å². The van der Waals surface area contributed by atoms with Crippen molar-refractivity contribution in [3.05, 3.63) is 29.8 Å². The van der Waals surface area contributed by atoms with Gasteiger partial charge in [-0.2, -0.15) is 0 Å². The maximum absolute atomic E-state index is 10.3. The molecular formula is C9H12N2O2. The van der Waals surface area contributed by atoms with Crippen LogP contribution in [0.3, 0.4) is 0 Å². The van der Waals surface area contributed by atoms with Gasteiger partial charge in [0.15, 0.2) is 0 Å². The summed E-state index contributed by atoms with van der Waals surface area (Å²) in [6, 6.07) is 6.44. The Morgan fingerprint density at radius 1 is 1.38 bits per heavy atom. The Balaban J connectivity index is 3.06. The Bertz CT molecular complexity index is 310. The lowest BCUT2D eigenvalue weighted by molar-refractivity contribution is -0.108. The van der Waals surface area contributed by atoms with Gasteiger partial charge in [-0.1, -0.05) is 18.2 Å². The first-order chi connectivity index (χ1) is 6.08. The van der Waals surface area contributed by atoms with Gasteiger partial charge in [-0.3, -0.25) is 0 Å². The third kappa shape index (κ3) is 2.05. The molecule has 0 saturated carbocycles. The van der Waals surface area contributed by atoms with Crippen molar-refractivity contribution in [2.45, 2.75) is 12.1 Å². The number of aromatic hydroxyl groups is 1. The number of carbonyl (C=O) groups is 1. The molecule has 0 fully saturated rings. The topological polar surface area (TPSA) is 89.3 Å². The van der Waals surface area contributed by atoms with Crippen molar-refractivity contribution >= 4 is 6.29 Å². The largest absolute Gasteiger partial charge is 0.508 e. The average molecular weight is 180 g/mol. The molecule has 0 saturated heterocycles. The molecule has 0 aliphatic carbocycles. The smallest absolute Gasteiger partial charge is 0.123 e. The van der Waals surface area contributed by atoms with E-state index in [4.69, 9.17) is 11.5 Å². The molecule has 5 N–H and O–H groups in total. The summed E-state index contributed by atoms with van der Waals surface area (Å²) in [5.41, 5.74) is 10.4. The second-order valence-corrected chi connectivity index (χ2v) is 2.93. The molecule has 13 heavy (non-hydrogen) atoms. The summed E-state index contributed by atoms with van der Waals surface area (Å²) in [5.74, 6) is 0.00866. The fraction of sp³-hybridized carbons (Fsp3) is 0.222. The number of aldehydes is 1. The van der Waals surface area contributed by atoms with Crippen LogP contribution in [0, 0.1) is 0 Å². The summed E-state index contributed by atoms with van der Waals surface area (Å²) >= 11 is 0. The number of para-hydroxylation sites is 1. The van der Waals surface area contributed by atoms with Crippen LogP contribution in [0.4, 0.5) is 0 Å². The van der Waals surface area contributed by atoms with E-state index in [1.807, 2.05) is 0 Å². The molecule has 1 aromatic carbocycles. The molecule has 0 aromatic heterocycles. The minimum Gasteiger partial charge on any atom is -0.508 e. The zero-order chi connectivity index (χ0) is 9.90. The first-order valence-electron chi connectivity index (χ1n) is 3.88. The van der Waals surface area contributed by atoms with E-state index in [-0.39, 0.29) is 12.2 Å². The van der Waals surface area contributed by atoms with Gasteiger partial charge in [0.05, 0.1) is 0 Å². The predicted octanol–water partition coefficient (Wildman–Crippen LogP) is 0.0514. The van der Waals surface area contributed by atoms with Crippen LogP contribution in [-0.4, -0.2) is 11.4 Å². The van der Waals surface area contributed by atoms with Gasteiger partial charge in [0.25, 0.3) is 0 Å². The molecule has 70 valence electrons. The average Bonchev–Trinajstić information content (AvgIpc) is 2.04. The standard InChI is InChI=1S/C9H12N2O2/c10-9(11,5-6-12)7-3-1-2-4-8(7)13/h1-4,6,13H,5,10-11H2. The van der Waals surface area contributed by atoms with Gasteiger partial charge < -0.3 is 21.4 Å². The normalized spacial score (nSPS) is 11.2. The number of nitrogens with two attached hydrogens (primary N) is 2. The fourth-order valence-electron chi connectivity index (χ4n) is 1.12. The van der Waals surface area contributed by atoms with Gasteiger partial charge in [-0.15, -0.1) is 0 Å². The van der Waals surface area contributed by atoms with E-state index >= 15 is 0 Å². The Hall–Kier alpha value is -1.39. The summed E-state index contributed by atoms with van der Waals surface area (Å²) in [4.78, 5) is 10.3. The summed E-state index contributed by atoms with van der Waals surface area (Å²) in [5, 5.41) is 9.40. The van der Waals surface area contributed by atoms with Crippen molar-refractivity contribution in [3.63, 3.8) is 0 Å². The Labute approximate surface area is 76.2 Å². The minimum atomic E-state index is -1.28. The Kier molecular flexibility index (Phi) is 2.65. The van der Waals surface area contributed by atoms with E-state index in [1.165, 1.54) is 6.07 Å². The van der Waals surface area contributed by atoms with Crippen LogP contribution in [0.15, 0.2) is 24.3 Å². The van der Waals surface area contributed by atoms with Crippen molar-refractivity contribution in [1.29, 1.82) is 0 Å². The van der Waals surface area contributed by atoms with Crippen LogP contribution in [0.5, 0.6) is 5.75 Å². The SMILES string of the molecule is NC(N)(CC=O)c1ccccc1O. The highest BCUT2D eigenvalue weighted by Crippen LogP contribution is 2.24. The predicted molar refractivity (Wildman–Crippen MR) is 48.8 cm³/mol. The summed E-state index contributed by atoms with van der Waals surface area (Å²) in [6.07, 6.45) is 0.608. The molecule has 0 bridgehead atoms. The number of hydrogen-bond donors (Lipinski definition) is 3.